The molecule has 1 saturated heterocycles. The lowest BCUT2D eigenvalue weighted by atomic mass is 10.2. The Morgan fingerprint density at radius 2 is 1.71 bits per heavy atom. The third kappa shape index (κ3) is 3.02. The largest absolute Gasteiger partial charge is 0.444 e. The van der Waals surface area contributed by atoms with Gasteiger partial charge in [0.25, 0.3) is 0 Å². The minimum absolute atomic E-state index is 0.180. The van der Waals surface area contributed by atoms with Crippen LogP contribution in [0.2, 0.25) is 0 Å². The number of hydrogen-bond acceptors (Lipinski definition) is 6. The second-order valence-corrected chi connectivity index (χ2v) is 6.09. The number of pyridine rings is 1. The van der Waals surface area contributed by atoms with E-state index < -0.39 is 18.0 Å². The number of nitrogens with zero attached hydrogens (tertiary/aromatic N) is 4. The molecule has 0 saturated carbocycles. The number of hydrogen-bond donors (Lipinski definition) is 0. The molecular formula is C19H16N4O5. The van der Waals surface area contributed by atoms with Gasteiger partial charge in [0.15, 0.2) is 0 Å². The van der Waals surface area contributed by atoms with E-state index in [4.69, 9.17) is 9.68 Å². The Morgan fingerprint density at radius 3 is 2.39 bits per heavy atom. The lowest BCUT2D eigenvalue weighted by Gasteiger charge is -2.22. The van der Waals surface area contributed by atoms with E-state index in [1.165, 1.54) is 18.5 Å². The van der Waals surface area contributed by atoms with Crippen molar-refractivity contribution in [2.75, 3.05) is 10.1 Å². The zero-order chi connectivity index (χ0) is 19.7. The number of fused-ring (bicyclic) bond motifs is 1. The van der Waals surface area contributed by atoms with Gasteiger partial charge < -0.3 is 14.2 Å². The highest BCUT2D eigenvalue weighted by molar-refractivity contribution is 6.32. The molecule has 28 heavy (non-hydrogen) atoms. The zero-order valence-corrected chi connectivity index (χ0v) is 14.9. The van der Waals surface area contributed by atoms with E-state index in [0.29, 0.717) is 5.06 Å². The maximum Gasteiger partial charge on any atom is 0.444 e. The van der Waals surface area contributed by atoms with Crippen molar-refractivity contribution in [3.8, 4) is 0 Å². The van der Waals surface area contributed by atoms with Crippen LogP contribution in [0, 0.1) is 0 Å². The summed E-state index contributed by atoms with van der Waals surface area (Å²) in [5.74, 6) is -2.61. The van der Waals surface area contributed by atoms with Gasteiger partial charge in [-0.2, -0.15) is 0 Å². The fourth-order valence-corrected chi connectivity index (χ4v) is 2.95. The van der Waals surface area contributed by atoms with Gasteiger partial charge in [0.05, 0.1) is 11.9 Å². The molecule has 142 valence electrons. The molecular weight excluding hydrogens is 364 g/mol. The van der Waals surface area contributed by atoms with Crippen LogP contribution in [0.1, 0.15) is 13.3 Å². The van der Waals surface area contributed by atoms with E-state index in [2.05, 4.69) is 16.5 Å². The number of carbonyl (C=O) groups excluding carboxylic acids is 3. The molecule has 1 aromatic carbocycles. The van der Waals surface area contributed by atoms with Crippen LogP contribution in [0.25, 0.3) is 10.9 Å². The van der Waals surface area contributed by atoms with Gasteiger partial charge in [-0.05, 0) is 42.8 Å². The maximum atomic E-state index is 12.9. The van der Waals surface area contributed by atoms with Gasteiger partial charge in [0.1, 0.15) is 5.69 Å². The molecule has 0 unspecified atom stereocenters. The van der Waals surface area contributed by atoms with E-state index in [9.17, 15) is 14.4 Å². The Labute approximate surface area is 159 Å². The van der Waals surface area contributed by atoms with Gasteiger partial charge in [-0.3, -0.25) is 4.98 Å². The number of urea groups is 1. The fourth-order valence-electron chi connectivity index (χ4n) is 2.95. The lowest BCUT2D eigenvalue weighted by molar-refractivity contribution is -0.165. The van der Waals surface area contributed by atoms with E-state index >= 15 is 0 Å². The van der Waals surface area contributed by atoms with Crippen LogP contribution in [0.15, 0.2) is 55.0 Å². The molecule has 0 atom stereocenters. The highest BCUT2D eigenvalue weighted by Gasteiger charge is 2.39. The number of rotatable bonds is 4. The fraction of sp³-hybridized carbons (Fsp3) is 0.158. The second-order valence-electron chi connectivity index (χ2n) is 6.09. The zero-order valence-electron chi connectivity index (χ0n) is 14.9. The van der Waals surface area contributed by atoms with Crippen LogP contribution in [-0.2, 0) is 25.8 Å². The number of aryl methyl sites for hydroxylation is 1. The van der Waals surface area contributed by atoms with Crippen LogP contribution < -0.4 is 10.1 Å². The average Bonchev–Trinajstić information content (AvgIpc) is 3.07. The molecule has 1 aliphatic heterocycles. The van der Waals surface area contributed by atoms with Crippen LogP contribution >= 0.6 is 0 Å². The van der Waals surface area contributed by atoms with Gasteiger partial charge in [0.2, 0.25) is 0 Å². The minimum Gasteiger partial charge on any atom is -0.347 e. The summed E-state index contributed by atoms with van der Waals surface area (Å²) in [7, 11) is 0. The molecule has 0 radical (unpaired) electrons. The first-order chi connectivity index (χ1) is 13.6. The summed E-state index contributed by atoms with van der Waals surface area (Å²) < 4.78 is 2.09. The molecule has 1 fully saturated rings. The molecule has 2 aromatic heterocycles. The van der Waals surface area contributed by atoms with E-state index in [1.54, 1.807) is 18.2 Å². The van der Waals surface area contributed by atoms with Crippen molar-refractivity contribution in [1.82, 2.24) is 9.55 Å². The molecule has 9 nitrogen and oxygen atoms in total. The van der Waals surface area contributed by atoms with E-state index in [-0.39, 0.29) is 11.4 Å². The van der Waals surface area contributed by atoms with Crippen molar-refractivity contribution in [3.05, 3.63) is 55.0 Å². The SMILES string of the molecule is CCCn1ccc2cc(N3OC(=O)C(=O)ON(c4cccnc4)C3=O)ccc21. The maximum absolute atomic E-state index is 12.9. The summed E-state index contributed by atoms with van der Waals surface area (Å²) in [6.45, 7) is 2.94. The van der Waals surface area contributed by atoms with Gasteiger partial charge in [-0.25, -0.2) is 14.4 Å². The van der Waals surface area contributed by atoms with Crippen molar-refractivity contribution in [3.63, 3.8) is 0 Å². The summed E-state index contributed by atoms with van der Waals surface area (Å²) in [5.41, 5.74) is 1.45. The van der Waals surface area contributed by atoms with Crippen molar-refractivity contribution >= 4 is 40.2 Å². The predicted octanol–water partition coefficient (Wildman–Crippen LogP) is 2.81. The summed E-state index contributed by atoms with van der Waals surface area (Å²) >= 11 is 0. The monoisotopic (exact) mass is 380 g/mol. The molecule has 0 N–H and O–H groups in total. The quantitative estimate of drug-likeness (QED) is 0.646. The van der Waals surface area contributed by atoms with Crippen molar-refractivity contribution < 1.29 is 24.1 Å². The Morgan fingerprint density at radius 1 is 0.964 bits per heavy atom. The predicted molar refractivity (Wildman–Crippen MR) is 99.0 cm³/mol. The molecule has 2 amide bonds. The number of anilines is 2. The highest BCUT2D eigenvalue weighted by atomic mass is 16.8. The Balaban J connectivity index is 1.74. The van der Waals surface area contributed by atoms with Crippen LogP contribution in [0.5, 0.6) is 0 Å². The minimum atomic E-state index is -1.31. The second kappa shape index (κ2) is 7.03. The molecule has 3 aromatic rings. The van der Waals surface area contributed by atoms with Crippen molar-refractivity contribution in [2.45, 2.75) is 19.9 Å². The molecule has 9 heteroatoms. The van der Waals surface area contributed by atoms with Gasteiger partial charge in [0, 0.05) is 29.8 Å². The van der Waals surface area contributed by atoms with E-state index in [0.717, 1.165) is 28.9 Å². The number of hydroxylamine groups is 2. The third-order valence-electron chi connectivity index (χ3n) is 4.20. The molecule has 0 bridgehead atoms. The van der Waals surface area contributed by atoms with Gasteiger partial charge >= 0.3 is 18.0 Å². The first-order valence-corrected chi connectivity index (χ1v) is 8.66. The summed E-state index contributed by atoms with van der Waals surface area (Å²) in [6, 6.07) is 9.28. The van der Waals surface area contributed by atoms with Gasteiger partial charge in [-0.15, -0.1) is 10.1 Å². The van der Waals surface area contributed by atoms with Crippen LogP contribution in [0.4, 0.5) is 16.2 Å². The topological polar surface area (TPSA) is 94.0 Å². The van der Waals surface area contributed by atoms with Crippen LogP contribution in [-0.4, -0.2) is 27.5 Å². The summed E-state index contributed by atoms with van der Waals surface area (Å²) in [4.78, 5) is 50.5. The lowest BCUT2D eigenvalue weighted by Crippen LogP contribution is -2.41. The Bertz CT molecular complexity index is 1060. The molecule has 0 aliphatic carbocycles. The number of aromatic nitrogens is 2. The first-order valence-electron chi connectivity index (χ1n) is 8.66. The number of benzene rings is 1. The molecule has 3 heterocycles. The van der Waals surface area contributed by atoms with Crippen LogP contribution in [0.3, 0.4) is 0 Å². The standard InChI is InChI=1S/C19H16N4O5/c1-2-9-21-10-7-13-11-14(5-6-16(13)21)22-19(26)23(15-4-3-8-20-12-15)28-18(25)17(24)27-22/h3-8,10-12H,2,9H2,1H3. The number of carbonyl (C=O) groups is 3. The summed E-state index contributed by atoms with van der Waals surface area (Å²) in [5, 5.41) is 2.27. The first kappa shape index (κ1) is 17.5. The number of amides is 2. The molecule has 1 aliphatic rings. The smallest absolute Gasteiger partial charge is 0.347 e. The highest BCUT2D eigenvalue weighted by Crippen LogP contribution is 2.27. The van der Waals surface area contributed by atoms with E-state index in [1.807, 2.05) is 18.3 Å². The van der Waals surface area contributed by atoms with Gasteiger partial charge in [-0.1, -0.05) is 6.92 Å². The van der Waals surface area contributed by atoms with Crippen molar-refractivity contribution in [1.29, 1.82) is 0 Å². The molecule has 4 rings (SSSR count). The average molecular weight is 380 g/mol. The summed E-state index contributed by atoms with van der Waals surface area (Å²) in [6.07, 6.45) is 5.76. The molecule has 0 spiro atoms. The third-order valence-corrected chi connectivity index (χ3v) is 4.20. The Kier molecular flexibility index (Phi) is 4.40. The Hall–Kier alpha value is -3.88. The van der Waals surface area contributed by atoms with Crippen molar-refractivity contribution in [2.24, 2.45) is 0 Å². The normalized spacial score (nSPS) is 14.8.